The first-order chi connectivity index (χ1) is 9.18. The maximum absolute atomic E-state index is 4.43. The Morgan fingerprint density at radius 2 is 2.05 bits per heavy atom. The van der Waals surface area contributed by atoms with Gasteiger partial charge in [0.15, 0.2) is 0 Å². The monoisotopic (exact) mass is 259 g/mol. The van der Waals surface area contributed by atoms with E-state index in [1.54, 1.807) is 17.1 Å². The summed E-state index contributed by atoms with van der Waals surface area (Å²) in [5, 5.41) is 6.48. The molecule has 0 radical (unpaired) electrons. The number of rotatable bonds is 5. The molecule has 0 amide bonds. The van der Waals surface area contributed by atoms with E-state index in [1.165, 1.54) is 0 Å². The largest absolute Gasteiger partial charge is 0.354 e. The van der Waals surface area contributed by atoms with Crippen LogP contribution in [0.3, 0.4) is 0 Å². The molecule has 1 aliphatic carbocycles. The van der Waals surface area contributed by atoms with Crippen molar-refractivity contribution in [2.24, 2.45) is 0 Å². The van der Waals surface area contributed by atoms with Crippen LogP contribution in [-0.4, -0.2) is 36.6 Å². The van der Waals surface area contributed by atoms with Crippen molar-refractivity contribution < 1.29 is 0 Å². The minimum absolute atomic E-state index is 0.136. The van der Waals surface area contributed by atoms with Crippen LogP contribution in [0, 0.1) is 0 Å². The molecule has 0 aromatic carbocycles. The molecule has 7 heteroatoms. The summed E-state index contributed by atoms with van der Waals surface area (Å²) in [6.07, 6.45) is 7.48. The molecular formula is C12H17N7. The molecule has 0 atom stereocenters. The van der Waals surface area contributed by atoms with Crippen molar-refractivity contribution in [1.29, 1.82) is 0 Å². The van der Waals surface area contributed by atoms with Gasteiger partial charge in [-0.3, -0.25) is 4.57 Å². The van der Waals surface area contributed by atoms with Crippen LogP contribution in [-0.2, 0) is 0 Å². The van der Waals surface area contributed by atoms with E-state index in [-0.39, 0.29) is 5.54 Å². The quantitative estimate of drug-likeness (QED) is 0.846. The van der Waals surface area contributed by atoms with E-state index in [4.69, 9.17) is 0 Å². The summed E-state index contributed by atoms with van der Waals surface area (Å²) >= 11 is 0. The Hall–Kier alpha value is -2.18. The predicted octanol–water partition coefficient (Wildman–Crippen LogP) is 1.45. The Morgan fingerprint density at radius 1 is 1.26 bits per heavy atom. The van der Waals surface area contributed by atoms with Gasteiger partial charge in [-0.1, -0.05) is 0 Å². The third kappa shape index (κ3) is 2.64. The fourth-order valence-corrected chi connectivity index (χ4v) is 1.73. The maximum atomic E-state index is 4.43. The maximum Gasteiger partial charge on any atom is 0.241 e. The van der Waals surface area contributed by atoms with Gasteiger partial charge in [-0.2, -0.15) is 15.0 Å². The highest BCUT2D eigenvalue weighted by Crippen LogP contribution is 2.37. The first-order valence-corrected chi connectivity index (χ1v) is 6.45. The van der Waals surface area contributed by atoms with Crippen LogP contribution in [0.25, 0.3) is 5.95 Å². The summed E-state index contributed by atoms with van der Waals surface area (Å²) in [6.45, 7) is 4.95. The molecule has 7 nitrogen and oxygen atoms in total. The molecule has 1 aliphatic rings. The van der Waals surface area contributed by atoms with Gasteiger partial charge < -0.3 is 10.6 Å². The lowest BCUT2D eigenvalue weighted by Crippen LogP contribution is -2.20. The highest BCUT2D eigenvalue weighted by molar-refractivity contribution is 5.41. The predicted molar refractivity (Wildman–Crippen MR) is 72.4 cm³/mol. The number of hydrogen-bond donors (Lipinski definition) is 2. The third-order valence-corrected chi connectivity index (χ3v) is 3.11. The molecule has 1 saturated carbocycles. The fourth-order valence-electron chi connectivity index (χ4n) is 1.73. The number of aromatic nitrogens is 5. The van der Waals surface area contributed by atoms with Crippen LogP contribution < -0.4 is 10.6 Å². The SMILES string of the molecule is CCNc1nc(NC2(C)CC2)nc(-n2ccnc2)n1. The third-order valence-electron chi connectivity index (χ3n) is 3.11. The Bertz CT molecular complexity index is 559. The lowest BCUT2D eigenvalue weighted by atomic mass is 10.3. The lowest BCUT2D eigenvalue weighted by Gasteiger charge is -2.13. The van der Waals surface area contributed by atoms with Crippen LogP contribution in [0.4, 0.5) is 11.9 Å². The summed E-state index contributed by atoms with van der Waals surface area (Å²) in [5.74, 6) is 1.75. The zero-order chi connectivity index (χ0) is 13.3. The van der Waals surface area contributed by atoms with E-state index in [1.807, 2.05) is 13.1 Å². The van der Waals surface area contributed by atoms with E-state index >= 15 is 0 Å². The van der Waals surface area contributed by atoms with Crippen LogP contribution in [0.2, 0.25) is 0 Å². The molecule has 0 aliphatic heterocycles. The Labute approximate surface area is 111 Å². The van der Waals surface area contributed by atoms with Gasteiger partial charge in [-0.05, 0) is 26.7 Å². The molecule has 0 spiro atoms. The summed E-state index contributed by atoms with van der Waals surface area (Å²) in [6, 6.07) is 0. The number of imidazole rings is 1. The molecule has 2 N–H and O–H groups in total. The number of anilines is 2. The topological polar surface area (TPSA) is 80.5 Å². The minimum atomic E-state index is 0.136. The van der Waals surface area contributed by atoms with Gasteiger partial charge in [0.1, 0.15) is 6.33 Å². The van der Waals surface area contributed by atoms with Gasteiger partial charge in [-0.25, -0.2) is 4.98 Å². The molecule has 2 aromatic rings. The van der Waals surface area contributed by atoms with E-state index in [0.29, 0.717) is 17.8 Å². The van der Waals surface area contributed by atoms with Gasteiger partial charge in [0.25, 0.3) is 0 Å². The standard InChI is InChI=1S/C12H17N7/c1-3-14-9-15-10(18-12(2)4-5-12)17-11(16-9)19-7-6-13-8-19/h6-8H,3-5H2,1-2H3,(H2,14,15,16,17,18). The van der Waals surface area contributed by atoms with E-state index in [0.717, 1.165) is 19.4 Å². The van der Waals surface area contributed by atoms with Crippen molar-refractivity contribution in [3.63, 3.8) is 0 Å². The molecule has 3 rings (SSSR count). The van der Waals surface area contributed by atoms with Crippen LogP contribution >= 0.6 is 0 Å². The Morgan fingerprint density at radius 3 is 2.68 bits per heavy atom. The average molecular weight is 259 g/mol. The molecule has 2 aromatic heterocycles. The van der Waals surface area contributed by atoms with Crippen molar-refractivity contribution in [3.05, 3.63) is 18.7 Å². The van der Waals surface area contributed by atoms with Crippen molar-refractivity contribution in [1.82, 2.24) is 24.5 Å². The summed E-state index contributed by atoms with van der Waals surface area (Å²) in [7, 11) is 0. The van der Waals surface area contributed by atoms with Crippen molar-refractivity contribution in [2.45, 2.75) is 32.2 Å². The summed E-state index contributed by atoms with van der Waals surface area (Å²) < 4.78 is 1.77. The lowest BCUT2D eigenvalue weighted by molar-refractivity contribution is 0.796. The second-order valence-corrected chi connectivity index (χ2v) is 4.97. The minimum Gasteiger partial charge on any atom is -0.354 e. The average Bonchev–Trinajstić information content (AvgIpc) is 2.92. The smallest absolute Gasteiger partial charge is 0.241 e. The first kappa shape index (κ1) is 11.9. The highest BCUT2D eigenvalue weighted by atomic mass is 15.3. The highest BCUT2D eigenvalue weighted by Gasteiger charge is 2.38. The van der Waals surface area contributed by atoms with Gasteiger partial charge in [-0.15, -0.1) is 0 Å². The number of nitrogens with zero attached hydrogens (tertiary/aromatic N) is 5. The molecular weight excluding hydrogens is 242 g/mol. The van der Waals surface area contributed by atoms with Crippen LogP contribution in [0.15, 0.2) is 18.7 Å². The second kappa shape index (κ2) is 4.49. The zero-order valence-corrected chi connectivity index (χ0v) is 11.1. The van der Waals surface area contributed by atoms with E-state index in [2.05, 4.69) is 37.5 Å². The number of nitrogens with one attached hydrogen (secondary N) is 2. The molecule has 0 bridgehead atoms. The van der Waals surface area contributed by atoms with Gasteiger partial charge in [0.05, 0.1) is 0 Å². The molecule has 0 saturated heterocycles. The van der Waals surface area contributed by atoms with Crippen molar-refractivity contribution in [2.75, 3.05) is 17.2 Å². The van der Waals surface area contributed by atoms with Gasteiger partial charge in [0, 0.05) is 24.5 Å². The normalized spacial score (nSPS) is 16.1. The molecule has 2 heterocycles. The molecule has 19 heavy (non-hydrogen) atoms. The molecule has 1 fully saturated rings. The Balaban J connectivity index is 1.94. The van der Waals surface area contributed by atoms with E-state index in [9.17, 15) is 0 Å². The van der Waals surface area contributed by atoms with Gasteiger partial charge >= 0.3 is 0 Å². The summed E-state index contributed by atoms with van der Waals surface area (Å²) in [4.78, 5) is 17.2. The van der Waals surface area contributed by atoms with Crippen molar-refractivity contribution >= 4 is 11.9 Å². The van der Waals surface area contributed by atoms with Crippen LogP contribution in [0.5, 0.6) is 0 Å². The van der Waals surface area contributed by atoms with Crippen molar-refractivity contribution in [3.8, 4) is 5.95 Å². The van der Waals surface area contributed by atoms with Crippen LogP contribution in [0.1, 0.15) is 26.7 Å². The van der Waals surface area contributed by atoms with E-state index < -0.39 is 0 Å². The summed E-state index contributed by atoms with van der Waals surface area (Å²) in [5.41, 5.74) is 0.136. The Kier molecular flexibility index (Phi) is 2.81. The fraction of sp³-hybridized carbons (Fsp3) is 0.500. The number of hydrogen-bond acceptors (Lipinski definition) is 6. The molecule has 0 unspecified atom stereocenters. The second-order valence-electron chi connectivity index (χ2n) is 4.97. The zero-order valence-electron chi connectivity index (χ0n) is 11.1. The van der Waals surface area contributed by atoms with Gasteiger partial charge in [0.2, 0.25) is 17.8 Å². The molecule has 100 valence electrons. The first-order valence-electron chi connectivity index (χ1n) is 6.45.